The molecule has 1 aliphatic rings. The molecule has 2 aromatic rings. The van der Waals surface area contributed by atoms with Crippen molar-refractivity contribution in [3.8, 4) is 11.3 Å². The standard InChI is InChI=1S/C28H37F3N4O5/c1-26(2,3)22(23(36)39-27(4,5)6)32-24(37)35-20-10-11-34(25(38)40-28(7,8)9)14-16(20)21(33-35)15-12-18(30)19(31)13-17(15)29/h12-13,22H,10-11,14H2,1-9H3,(H,32,37)/t22-/m1/s1. The van der Waals surface area contributed by atoms with Gasteiger partial charge in [-0.25, -0.2) is 27.6 Å². The van der Waals surface area contributed by atoms with Crippen LogP contribution < -0.4 is 5.32 Å². The third kappa shape index (κ3) is 7.14. The van der Waals surface area contributed by atoms with Gasteiger partial charge in [-0.3, -0.25) is 0 Å². The van der Waals surface area contributed by atoms with E-state index in [0.29, 0.717) is 17.8 Å². The number of ether oxygens (including phenoxy) is 2. The van der Waals surface area contributed by atoms with Crippen LogP contribution in [0.2, 0.25) is 0 Å². The Kier molecular flexibility index (Phi) is 8.34. The van der Waals surface area contributed by atoms with Gasteiger partial charge in [0.2, 0.25) is 0 Å². The number of halogens is 3. The summed E-state index contributed by atoms with van der Waals surface area (Å²) in [6.07, 6.45) is -0.516. The van der Waals surface area contributed by atoms with Crippen molar-refractivity contribution in [3.05, 3.63) is 40.8 Å². The van der Waals surface area contributed by atoms with Crippen LogP contribution in [0, 0.1) is 22.9 Å². The van der Waals surface area contributed by atoms with E-state index in [-0.39, 0.29) is 36.3 Å². The average molecular weight is 567 g/mol. The Balaban J connectivity index is 2.08. The Morgan fingerprint density at radius 2 is 1.48 bits per heavy atom. The summed E-state index contributed by atoms with van der Waals surface area (Å²) in [6, 6.07) is -0.838. The van der Waals surface area contributed by atoms with Crippen LogP contribution in [0.3, 0.4) is 0 Å². The van der Waals surface area contributed by atoms with E-state index < -0.39 is 58.2 Å². The number of rotatable bonds is 3. The maximum absolute atomic E-state index is 14.9. The van der Waals surface area contributed by atoms with Crippen LogP contribution in [0.1, 0.15) is 73.6 Å². The van der Waals surface area contributed by atoms with Crippen LogP contribution in [0.4, 0.5) is 22.8 Å². The molecule has 2 amide bonds. The van der Waals surface area contributed by atoms with Gasteiger partial charge in [0.15, 0.2) is 11.6 Å². The molecule has 0 saturated carbocycles. The van der Waals surface area contributed by atoms with Crippen LogP contribution in [0.25, 0.3) is 11.3 Å². The second kappa shape index (κ2) is 10.8. The Morgan fingerprint density at radius 3 is 2.02 bits per heavy atom. The molecule has 1 aromatic heterocycles. The fraction of sp³-hybridized carbons (Fsp3) is 0.571. The first-order valence-electron chi connectivity index (χ1n) is 13.0. The van der Waals surface area contributed by atoms with Gasteiger partial charge in [0.05, 0.1) is 12.2 Å². The molecule has 0 saturated heterocycles. The highest BCUT2D eigenvalue weighted by Crippen LogP contribution is 2.33. The molecule has 1 aliphatic heterocycles. The zero-order valence-electron chi connectivity index (χ0n) is 24.4. The maximum atomic E-state index is 14.9. The highest BCUT2D eigenvalue weighted by atomic mass is 19.2. The van der Waals surface area contributed by atoms with Gasteiger partial charge in [-0.2, -0.15) is 9.78 Å². The number of benzene rings is 1. The summed E-state index contributed by atoms with van der Waals surface area (Å²) in [5.41, 5.74) is -2.27. The first-order valence-corrected chi connectivity index (χ1v) is 13.0. The molecule has 1 atom stereocenters. The first-order chi connectivity index (χ1) is 18.2. The largest absolute Gasteiger partial charge is 0.458 e. The molecule has 12 heteroatoms. The third-order valence-electron chi connectivity index (χ3n) is 5.94. The molecule has 2 heterocycles. The summed E-state index contributed by atoms with van der Waals surface area (Å²) in [5.74, 6) is -4.44. The van der Waals surface area contributed by atoms with E-state index >= 15 is 0 Å². The van der Waals surface area contributed by atoms with E-state index in [1.807, 2.05) is 0 Å². The van der Waals surface area contributed by atoms with Crippen LogP contribution >= 0.6 is 0 Å². The summed E-state index contributed by atoms with van der Waals surface area (Å²) < 4.78 is 54.7. The summed E-state index contributed by atoms with van der Waals surface area (Å²) >= 11 is 0. The van der Waals surface area contributed by atoms with Crippen molar-refractivity contribution in [2.75, 3.05) is 6.54 Å². The molecule has 0 radical (unpaired) electrons. The van der Waals surface area contributed by atoms with Crippen molar-refractivity contribution < 1.29 is 37.0 Å². The van der Waals surface area contributed by atoms with E-state index in [2.05, 4.69) is 10.4 Å². The number of nitrogens with one attached hydrogen (secondary N) is 1. The molecule has 3 rings (SSSR count). The van der Waals surface area contributed by atoms with Crippen molar-refractivity contribution in [1.29, 1.82) is 0 Å². The Bertz CT molecular complexity index is 1320. The molecule has 1 aromatic carbocycles. The summed E-state index contributed by atoms with van der Waals surface area (Å²) in [7, 11) is 0. The number of hydrogen-bond acceptors (Lipinski definition) is 6. The second-order valence-corrected chi connectivity index (χ2v) is 12.9. The quantitative estimate of drug-likeness (QED) is 0.385. The van der Waals surface area contributed by atoms with Crippen molar-refractivity contribution in [2.45, 2.75) is 92.5 Å². The maximum Gasteiger partial charge on any atom is 0.410 e. The number of aromatic nitrogens is 2. The van der Waals surface area contributed by atoms with Gasteiger partial charge in [0, 0.05) is 30.2 Å². The van der Waals surface area contributed by atoms with E-state index in [1.165, 1.54) is 4.90 Å². The number of nitrogens with zero attached hydrogens (tertiary/aromatic N) is 3. The van der Waals surface area contributed by atoms with Gasteiger partial charge < -0.3 is 19.7 Å². The molecule has 40 heavy (non-hydrogen) atoms. The van der Waals surface area contributed by atoms with E-state index in [0.717, 1.165) is 4.68 Å². The predicted octanol–water partition coefficient (Wildman–Crippen LogP) is 5.57. The topological polar surface area (TPSA) is 103 Å². The molecular weight excluding hydrogens is 529 g/mol. The minimum Gasteiger partial charge on any atom is -0.458 e. The molecular formula is C28H37F3N4O5. The molecule has 0 spiro atoms. The zero-order valence-corrected chi connectivity index (χ0v) is 24.4. The second-order valence-electron chi connectivity index (χ2n) is 12.9. The summed E-state index contributed by atoms with van der Waals surface area (Å²) in [6.45, 7) is 15.5. The van der Waals surface area contributed by atoms with Crippen molar-refractivity contribution in [1.82, 2.24) is 20.0 Å². The van der Waals surface area contributed by atoms with Crippen LogP contribution in [0.15, 0.2) is 12.1 Å². The summed E-state index contributed by atoms with van der Waals surface area (Å²) in [5, 5.41) is 6.94. The van der Waals surface area contributed by atoms with Gasteiger partial charge in [-0.15, -0.1) is 0 Å². The van der Waals surface area contributed by atoms with Crippen molar-refractivity contribution in [2.24, 2.45) is 5.41 Å². The lowest BCUT2D eigenvalue weighted by molar-refractivity contribution is -0.160. The lowest BCUT2D eigenvalue weighted by Gasteiger charge is -2.32. The minimum atomic E-state index is -1.38. The van der Waals surface area contributed by atoms with Gasteiger partial charge in [-0.05, 0) is 53.0 Å². The number of fused-ring (bicyclic) bond motifs is 1. The third-order valence-corrected chi connectivity index (χ3v) is 5.94. The van der Waals surface area contributed by atoms with Gasteiger partial charge in [0.1, 0.15) is 28.8 Å². The van der Waals surface area contributed by atoms with Gasteiger partial charge in [0.25, 0.3) is 0 Å². The normalized spacial score (nSPS) is 14.8. The molecule has 0 unspecified atom stereocenters. The first kappa shape index (κ1) is 31.0. The zero-order chi connectivity index (χ0) is 30.4. The lowest BCUT2D eigenvalue weighted by atomic mass is 9.86. The van der Waals surface area contributed by atoms with Gasteiger partial charge in [-0.1, -0.05) is 20.8 Å². The van der Waals surface area contributed by atoms with Crippen LogP contribution in [0.5, 0.6) is 0 Å². The van der Waals surface area contributed by atoms with Crippen molar-refractivity contribution in [3.63, 3.8) is 0 Å². The predicted molar refractivity (Wildman–Crippen MR) is 141 cm³/mol. The highest BCUT2D eigenvalue weighted by molar-refractivity contribution is 5.86. The van der Waals surface area contributed by atoms with E-state index in [1.54, 1.807) is 62.3 Å². The number of hydrogen-bond donors (Lipinski definition) is 1. The number of esters is 1. The molecule has 1 N–H and O–H groups in total. The molecule has 0 fully saturated rings. The monoisotopic (exact) mass is 566 g/mol. The van der Waals surface area contributed by atoms with Crippen LogP contribution in [-0.4, -0.2) is 56.6 Å². The Hall–Kier alpha value is -3.57. The number of amides is 2. The van der Waals surface area contributed by atoms with E-state index in [4.69, 9.17) is 9.47 Å². The Labute approximate surface area is 232 Å². The lowest BCUT2D eigenvalue weighted by Crippen LogP contribution is -2.52. The molecule has 220 valence electrons. The fourth-order valence-corrected chi connectivity index (χ4v) is 4.16. The van der Waals surface area contributed by atoms with Gasteiger partial charge >= 0.3 is 18.1 Å². The number of carbonyl (C=O) groups is 3. The number of carbonyl (C=O) groups excluding carboxylic acids is 3. The Morgan fingerprint density at radius 1 is 0.900 bits per heavy atom. The minimum absolute atomic E-state index is 0.118. The van der Waals surface area contributed by atoms with E-state index in [9.17, 15) is 27.6 Å². The highest BCUT2D eigenvalue weighted by Gasteiger charge is 2.38. The average Bonchev–Trinajstić information content (AvgIpc) is 3.15. The fourth-order valence-electron chi connectivity index (χ4n) is 4.16. The van der Waals surface area contributed by atoms with Crippen LogP contribution in [-0.2, 0) is 27.2 Å². The SMILES string of the molecule is CC(C)(C)OC(=O)[C@@H](NC(=O)n1nc(-c2cc(F)c(F)cc2F)c2c1CCN(C(=O)OC(C)(C)C)C2)C(C)(C)C. The van der Waals surface area contributed by atoms with Crippen molar-refractivity contribution >= 4 is 18.1 Å². The molecule has 9 nitrogen and oxygen atoms in total. The smallest absolute Gasteiger partial charge is 0.410 e. The summed E-state index contributed by atoms with van der Waals surface area (Å²) in [4.78, 5) is 40.7. The molecule has 0 bridgehead atoms. The molecule has 0 aliphatic carbocycles.